The van der Waals surface area contributed by atoms with Crippen molar-refractivity contribution in [2.75, 3.05) is 19.6 Å². The van der Waals surface area contributed by atoms with Crippen LogP contribution in [0.25, 0.3) is 10.8 Å². The zero-order valence-electron chi connectivity index (χ0n) is 13.6. The number of halogens is 1. The van der Waals surface area contributed by atoms with E-state index in [1.54, 1.807) is 0 Å². The van der Waals surface area contributed by atoms with Crippen molar-refractivity contribution in [3.8, 4) is 0 Å². The second-order valence-corrected chi connectivity index (χ2v) is 7.40. The molecule has 4 nitrogen and oxygen atoms in total. The van der Waals surface area contributed by atoms with E-state index in [0.717, 1.165) is 35.7 Å². The molecule has 4 aliphatic rings. The summed E-state index contributed by atoms with van der Waals surface area (Å²) in [4.78, 5) is 15.6. The Balaban J connectivity index is 0.00000146. The van der Waals surface area contributed by atoms with Gasteiger partial charge >= 0.3 is 0 Å². The maximum Gasteiger partial charge on any atom is 0.258 e. The molecule has 1 N–H and O–H groups in total. The highest BCUT2D eigenvalue weighted by atomic mass is 35.5. The molecule has 128 valence electrons. The number of fused-ring (bicyclic) bond motifs is 3. The number of aliphatic hydroxyl groups excluding tert-OH is 1. The lowest BCUT2D eigenvalue weighted by Gasteiger charge is -2.45. The molecule has 3 aliphatic heterocycles. The van der Waals surface area contributed by atoms with Crippen LogP contribution >= 0.6 is 12.4 Å². The topological polar surface area (TPSA) is 45.5 Å². The van der Waals surface area contributed by atoms with Crippen LogP contribution in [-0.2, 0) is 6.42 Å². The molecule has 3 saturated heterocycles. The van der Waals surface area contributed by atoms with E-state index < -0.39 is 6.10 Å². The lowest BCUT2D eigenvalue weighted by molar-refractivity contribution is 0.0555. The molecule has 0 amide bonds. The number of aliphatic hydroxyl groups is 1. The number of aryl methyl sites for hydroxylation is 1. The summed E-state index contributed by atoms with van der Waals surface area (Å²) in [6.07, 6.45) is 5.71. The SMILES string of the molecule is Cl.O=c1c2cccc3c2c(cn1[C@@H]1CN2CCC1CC2)CC[C@@H]3O. The summed E-state index contributed by atoms with van der Waals surface area (Å²) in [5, 5.41) is 12.0. The number of rotatable bonds is 1. The molecule has 1 aliphatic carbocycles. The monoisotopic (exact) mass is 346 g/mol. The van der Waals surface area contributed by atoms with Gasteiger partial charge in [-0.15, -0.1) is 12.4 Å². The summed E-state index contributed by atoms with van der Waals surface area (Å²) in [6.45, 7) is 3.39. The Morgan fingerprint density at radius 2 is 1.92 bits per heavy atom. The Bertz CT molecular complexity index is 839. The standard InChI is InChI=1S/C19H22N2O2.ClH/c22-17-5-4-13-10-21(16-11-20-8-6-12(16)7-9-20)19(23)15-3-1-2-14(17)18(13)15;/h1-3,10,12,16-17,22H,4-9,11H2;1H/t16-,17+;/m1./s1. The van der Waals surface area contributed by atoms with Crippen molar-refractivity contribution in [2.45, 2.75) is 37.8 Å². The van der Waals surface area contributed by atoms with E-state index in [9.17, 15) is 9.90 Å². The fourth-order valence-electron chi connectivity index (χ4n) is 4.95. The highest BCUT2D eigenvalue weighted by Crippen LogP contribution is 2.38. The zero-order valence-corrected chi connectivity index (χ0v) is 14.5. The lowest BCUT2D eigenvalue weighted by Crippen LogP contribution is -2.50. The third-order valence-electron chi connectivity index (χ3n) is 6.20. The fraction of sp³-hybridized carbons (Fsp3) is 0.526. The Labute approximate surface area is 147 Å². The van der Waals surface area contributed by atoms with E-state index >= 15 is 0 Å². The summed E-state index contributed by atoms with van der Waals surface area (Å²) in [5.41, 5.74) is 2.29. The van der Waals surface area contributed by atoms with Gasteiger partial charge in [0.25, 0.3) is 5.56 Å². The summed E-state index contributed by atoms with van der Waals surface area (Å²) in [6, 6.07) is 6.13. The van der Waals surface area contributed by atoms with Crippen molar-refractivity contribution in [3.63, 3.8) is 0 Å². The van der Waals surface area contributed by atoms with Crippen LogP contribution in [0, 0.1) is 5.92 Å². The number of nitrogens with zero attached hydrogens (tertiary/aromatic N) is 2. The second-order valence-electron chi connectivity index (χ2n) is 7.40. The van der Waals surface area contributed by atoms with E-state index in [0.29, 0.717) is 12.0 Å². The Kier molecular flexibility index (Phi) is 3.94. The third-order valence-corrected chi connectivity index (χ3v) is 6.20. The van der Waals surface area contributed by atoms with Crippen molar-refractivity contribution in [1.29, 1.82) is 0 Å². The molecule has 3 fully saturated rings. The number of piperidine rings is 3. The molecule has 24 heavy (non-hydrogen) atoms. The van der Waals surface area contributed by atoms with Gasteiger partial charge in [-0.25, -0.2) is 0 Å². The maximum atomic E-state index is 13.1. The van der Waals surface area contributed by atoms with Crippen LogP contribution in [0.4, 0.5) is 0 Å². The molecule has 0 radical (unpaired) electrons. The zero-order chi connectivity index (χ0) is 15.6. The second kappa shape index (κ2) is 5.87. The highest BCUT2D eigenvalue weighted by Gasteiger charge is 2.36. The molecular weight excluding hydrogens is 324 g/mol. The molecular formula is C19H23ClN2O2. The van der Waals surface area contributed by atoms with Gasteiger partial charge in [0, 0.05) is 18.1 Å². The number of benzene rings is 1. The van der Waals surface area contributed by atoms with Crippen molar-refractivity contribution in [2.24, 2.45) is 5.92 Å². The molecule has 0 saturated carbocycles. The molecule has 6 rings (SSSR count). The van der Waals surface area contributed by atoms with Crippen molar-refractivity contribution in [1.82, 2.24) is 9.47 Å². The minimum absolute atomic E-state index is 0. The van der Waals surface area contributed by atoms with Crippen molar-refractivity contribution >= 4 is 23.2 Å². The van der Waals surface area contributed by atoms with E-state index in [1.165, 1.54) is 31.5 Å². The molecule has 2 atom stereocenters. The van der Waals surface area contributed by atoms with E-state index in [2.05, 4.69) is 11.1 Å². The first-order valence-corrected chi connectivity index (χ1v) is 8.79. The van der Waals surface area contributed by atoms with Crippen LogP contribution < -0.4 is 5.56 Å². The van der Waals surface area contributed by atoms with Crippen LogP contribution in [0.5, 0.6) is 0 Å². The average molecular weight is 347 g/mol. The number of hydrogen-bond donors (Lipinski definition) is 1. The molecule has 1 aromatic heterocycles. The molecule has 1 aromatic carbocycles. The van der Waals surface area contributed by atoms with Gasteiger partial charge in [0.1, 0.15) is 0 Å². The Hall–Kier alpha value is -1.36. The molecule has 2 bridgehead atoms. The van der Waals surface area contributed by atoms with E-state index in [1.807, 2.05) is 22.8 Å². The number of hydrogen-bond acceptors (Lipinski definition) is 3. The summed E-state index contributed by atoms with van der Waals surface area (Å²) in [7, 11) is 0. The van der Waals surface area contributed by atoms with Gasteiger partial charge in [0.15, 0.2) is 0 Å². The van der Waals surface area contributed by atoms with Gasteiger partial charge < -0.3 is 14.6 Å². The molecule has 2 aromatic rings. The van der Waals surface area contributed by atoms with Gasteiger partial charge in [0.05, 0.1) is 12.1 Å². The van der Waals surface area contributed by atoms with E-state index in [-0.39, 0.29) is 18.0 Å². The Morgan fingerprint density at radius 1 is 1.12 bits per heavy atom. The maximum absolute atomic E-state index is 13.1. The highest BCUT2D eigenvalue weighted by molar-refractivity contribution is 5.89. The first kappa shape index (κ1) is 16.1. The van der Waals surface area contributed by atoms with Crippen LogP contribution in [0.3, 0.4) is 0 Å². The number of pyridine rings is 1. The average Bonchev–Trinajstić information content (AvgIpc) is 2.61. The van der Waals surface area contributed by atoms with Crippen LogP contribution in [0.15, 0.2) is 29.2 Å². The first-order chi connectivity index (χ1) is 11.2. The predicted octanol–water partition coefficient (Wildman–Crippen LogP) is 2.67. The molecule has 4 heterocycles. The smallest absolute Gasteiger partial charge is 0.258 e. The largest absolute Gasteiger partial charge is 0.388 e. The first-order valence-electron chi connectivity index (χ1n) is 8.79. The van der Waals surface area contributed by atoms with E-state index in [4.69, 9.17) is 0 Å². The Morgan fingerprint density at radius 3 is 2.62 bits per heavy atom. The quantitative estimate of drug-likeness (QED) is 0.863. The van der Waals surface area contributed by atoms with Crippen molar-refractivity contribution in [3.05, 3.63) is 45.9 Å². The lowest BCUT2D eigenvalue weighted by atomic mass is 9.83. The number of aromatic nitrogens is 1. The summed E-state index contributed by atoms with van der Waals surface area (Å²) in [5.74, 6) is 0.639. The summed E-state index contributed by atoms with van der Waals surface area (Å²) < 4.78 is 2.02. The fourth-order valence-corrected chi connectivity index (χ4v) is 4.95. The molecule has 5 heteroatoms. The van der Waals surface area contributed by atoms with Gasteiger partial charge in [0.2, 0.25) is 0 Å². The minimum Gasteiger partial charge on any atom is -0.388 e. The van der Waals surface area contributed by atoms with Gasteiger partial charge in [-0.3, -0.25) is 4.79 Å². The predicted molar refractivity (Wildman–Crippen MR) is 96.9 cm³/mol. The third kappa shape index (κ3) is 2.24. The van der Waals surface area contributed by atoms with Crippen LogP contribution in [0.1, 0.15) is 42.5 Å². The normalized spacial score (nSPS) is 31.0. The molecule has 0 unspecified atom stereocenters. The van der Waals surface area contributed by atoms with Gasteiger partial charge in [-0.1, -0.05) is 12.1 Å². The van der Waals surface area contributed by atoms with Gasteiger partial charge in [-0.2, -0.15) is 0 Å². The van der Waals surface area contributed by atoms with Crippen LogP contribution in [0.2, 0.25) is 0 Å². The van der Waals surface area contributed by atoms with Crippen molar-refractivity contribution < 1.29 is 5.11 Å². The van der Waals surface area contributed by atoms with Gasteiger partial charge in [-0.05, 0) is 67.3 Å². The summed E-state index contributed by atoms with van der Waals surface area (Å²) >= 11 is 0. The van der Waals surface area contributed by atoms with Crippen LogP contribution in [-0.4, -0.2) is 34.2 Å². The minimum atomic E-state index is -0.432. The molecule has 0 spiro atoms.